The number of thiophene rings is 1. The van der Waals surface area contributed by atoms with Gasteiger partial charge in [0.25, 0.3) is 5.85 Å². The summed E-state index contributed by atoms with van der Waals surface area (Å²) in [6, 6.07) is 7.63. The average molecular weight is 251 g/mol. The van der Waals surface area contributed by atoms with Crippen molar-refractivity contribution >= 4 is 55.1 Å². The molecule has 2 aromatic rings. The highest BCUT2D eigenvalue weighted by atomic mass is 35.9. The molecule has 0 spiro atoms. The van der Waals surface area contributed by atoms with Crippen LogP contribution in [0.5, 0.6) is 0 Å². The summed E-state index contributed by atoms with van der Waals surface area (Å²) in [5.74, 6) is -3.16. The molecule has 0 saturated carbocycles. The zero-order valence-electron chi connectivity index (χ0n) is 6.41. The maximum absolute atomic E-state index is 11.4. The van der Waals surface area contributed by atoms with Gasteiger partial charge in [0.05, 0.1) is 5.30 Å². The first kappa shape index (κ1) is 9.54. The van der Waals surface area contributed by atoms with Crippen molar-refractivity contribution < 1.29 is 4.57 Å². The minimum atomic E-state index is -3.16. The zero-order chi connectivity index (χ0) is 9.47. The molecule has 0 aliphatic rings. The number of hydrogen-bond acceptors (Lipinski definition) is 2. The first-order valence-corrected chi connectivity index (χ1v) is 7.95. The predicted octanol–water partition coefficient (Wildman–Crippen LogP) is 4.20. The van der Waals surface area contributed by atoms with E-state index < -0.39 is 5.85 Å². The molecule has 1 heterocycles. The van der Waals surface area contributed by atoms with Gasteiger partial charge in [0.2, 0.25) is 0 Å². The van der Waals surface area contributed by atoms with Gasteiger partial charge < -0.3 is 0 Å². The summed E-state index contributed by atoms with van der Waals surface area (Å²) in [6.07, 6.45) is 0. The van der Waals surface area contributed by atoms with Gasteiger partial charge in [0, 0.05) is 15.5 Å². The van der Waals surface area contributed by atoms with E-state index in [0.717, 1.165) is 10.1 Å². The Bertz CT molecular complexity index is 488. The minimum Gasteiger partial charge on any atom is -0.284 e. The largest absolute Gasteiger partial charge is 0.284 e. The molecule has 1 aromatic carbocycles. The van der Waals surface area contributed by atoms with E-state index >= 15 is 0 Å². The fourth-order valence-electron chi connectivity index (χ4n) is 1.17. The van der Waals surface area contributed by atoms with Crippen molar-refractivity contribution in [1.29, 1.82) is 0 Å². The normalized spacial score (nSPS) is 12.2. The lowest BCUT2D eigenvalue weighted by Crippen LogP contribution is -1.92. The van der Waals surface area contributed by atoms with E-state index in [4.69, 9.17) is 22.5 Å². The van der Waals surface area contributed by atoms with Crippen LogP contribution in [0.1, 0.15) is 0 Å². The molecule has 0 unspecified atom stereocenters. The number of hydrogen-bond donors (Lipinski definition) is 0. The van der Waals surface area contributed by atoms with Crippen LogP contribution < -0.4 is 5.30 Å². The van der Waals surface area contributed by atoms with Gasteiger partial charge in [-0.25, -0.2) is 0 Å². The molecule has 0 amide bonds. The molecule has 0 fully saturated rings. The van der Waals surface area contributed by atoms with Crippen LogP contribution in [-0.2, 0) is 4.57 Å². The summed E-state index contributed by atoms with van der Waals surface area (Å²) in [6.45, 7) is 0. The summed E-state index contributed by atoms with van der Waals surface area (Å²) in [7, 11) is 0. The Morgan fingerprint density at radius 1 is 1.23 bits per heavy atom. The van der Waals surface area contributed by atoms with E-state index in [1.165, 1.54) is 11.3 Å². The van der Waals surface area contributed by atoms with Gasteiger partial charge in [0.15, 0.2) is 0 Å². The second kappa shape index (κ2) is 3.29. The van der Waals surface area contributed by atoms with Gasteiger partial charge >= 0.3 is 0 Å². The van der Waals surface area contributed by atoms with Gasteiger partial charge in [0.1, 0.15) is 0 Å². The molecule has 0 saturated heterocycles. The van der Waals surface area contributed by atoms with Crippen LogP contribution in [0.15, 0.2) is 29.6 Å². The van der Waals surface area contributed by atoms with Crippen LogP contribution in [0.4, 0.5) is 0 Å². The fraction of sp³-hybridized carbons (Fsp3) is 0. The molecule has 13 heavy (non-hydrogen) atoms. The fourth-order valence-corrected chi connectivity index (χ4v) is 4.46. The Hall–Kier alpha value is -0.0100. The van der Waals surface area contributed by atoms with Crippen LogP contribution in [0.25, 0.3) is 10.1 Å². The van der Waals surface area contributed by atoms with Gasteiger partial charge in [-0.2, -0.15) is 0 Å². The standard InChI is InChI=1S/C8H5Cl2OPS/c9-12(10,11)7-5-13-8-4-2-1-3-6(7)8/h1-5H. The quantitative estimate of drug-likeness (QED) is 0.694. The van der Waals surface area contributed by atoms with E-state index in [-0.39, 0.29) is 0 Å². The van der Waals surface area contributed by atoms with Crippen molar-refractivity contribution in [2.24, 2.45) is 0 Å². The average Bonchev–Trinajstić information content (AvgIpc) is 2.45. The van der Waals surface area contributed by atoms with E-state index in [9.17, 15) is 4.57 Å². The monoisotopic (exact) mass is 250 g/mol. The number of halogens is 2. The maximum Gasteiger partial charge on any atom is 0.283 e. The van der Waals surface area contributed by atoms with E-state index in [2.05, 4.69) is 0 Å². The van der Waals surface area contributed by atoms with E-state index in [1.807, 2.05) is 24.3 Å². The SMILES string of the molecule is O=P(Cl)(Cl)c1csc2ccccc12. The Morgan fingerprint density at radius 3 is 2.62 bits per heavy atom. The highest BCUT2D eigenvalue weighted by Gasteiger charge is 2.21. The molecule has 0 atom stereocenters. The molecule has 0 N–H and O–H groups in total. The van der Waals surface area contributed by atoms with Gasteiger partial charge in [-0.3, -0.25) is 4.57 Å². The first-order chi connectivity index (χ1) is 6.09. The second-order valence-corrected chi connectivity index (χ2v) is 8.27. The molecular formula is C8H5Cl2OPS. The highest BCUT2D eigenvalue weighted by molar-refractivity contribution is 8.13. The first-order valence-electron chi connectivity index (χ1n) is 3.55. The van der Waals surface area contributed by atoms with Crippen LogP contribution in [0, 0.1) is 0 Å². The van der Waals surface area contributed by atoms with Crippen molar-refractivity contribution in [3.63, 3.8) is 0 Å². The van der Waals surface area contributed by atoms with Crippen LogP contribution in [0.2, 0.25) is 0 Å². The third-order valence-corrected chi connectivity index (χ3v) is 4.90. The Kier molecular flexibility index (Phi) is 2.41. The molecule has 0 bridgehead atoms. The molecule has 68 valence electrons. The van der Waals surface area contributed by atoms with Crippen molar-refractivity contribution in [2.75, 3.05) is 0 Å². The van der Waals surface area contributed by atoms with Gasteiger partial charge in [-0.15, -0.1) is 11.3 Å². The van der Waals surface area contributed by atoms with E-state index in [0.29, 0.717) is 5.30 Å². The number of rotatable bonds is 1. The predicted molar refractivity (Wildman–Crippen MR) is 60.8 cm³/mol. The molecule has 5 heteroatoms. The third-order valence-electron chi connectivity index (χ3n) is 1.74. The topological polar surface area (TPSA) is 17.1 Å². The van der Waals surface area contributed by atoms with Crippen molar-refractivity contribution in [1.82, 2.24) is 0 Å². The van der Waals surface area contributed by atoms with Crippen LogP contribution >= 0.6 is 39.7 Å². The molecule has 0 radical (unpaired) electrons. The van der Waals surface area contributed by atoms with Gasteiger partial charge in [-0.05, 0) is 28.5 Å². The minimum absolute atomic E-state index is 0.552. The molecule has 2 rings (SSSR count). The molecule has 1 aromatic heterocycles. The number of benzene rings is 1. The van der Waals surface area contributed by atoms with Crippen molar-refractivity contribution in [3.8, 4) is 0 Å². The summed E-state index contributed by atoms with van der Waals surface area (Å²) in [5.41, 5.74) is 0. The van der Waals surface area contributed by atoms with Crippen molar-refractivity contribution in [3.05, 3.63) is 29.6 Å². The summed E-state index contributed by atoms with van der Waals surface area (Å²) in [4.78, 5) is 0. The van der Waals surface area contributed by atoms with Crippen molar-refractivity contribution in [2.45, 2.75) is 0 Å². The smallest absolute Gasteiger partial charge is 0.283 e. The van der Waals surface area contributed by atoms with Crippen LogP contribution in [-0.4, -0.2) is 0 Å². The van der Waals surface area contributed by atoms with Gasteiger partial charge in [-0.1, -0.05) is 18.2 Å². The maximum atomic E-state index is 11.4. The Balaban J connectivity index is 2.79. The van der Waals surface area contributed by atoms with E-state index in [1.54, 1.807) is 5.38 Å². The van der Waals surface area contributed by atoms with Crippen LogP contribution in [0.3, 0.4) is 0 Å². The molecular weight excluding hydrogens is 246 g/mol. The lowest BCUT2D eigenvalue weighted by atomic mass is 10.3. The molecule has 0 aliphatic heterocycles. The summed E-state index contributed by atoms with van der Waals surface area (Å²) >= 11 is 12.7. The Labute approximate surface area is 89.2 Å². The second-order valence-electron chi connectivity index (χ2n) is 2.58. The Morgan fingerprint density at radius 2 is 1.92 bits per heavy atom. The molecule has 1 nitrogen and oxygen atoms in total. The summed E-state index contributed by atoms with van der Waals surface area (Å²) < 4.78 is 12.5. The lowest BCUT2D eigenvalue weighted by molar-refractivity contribution is 0.597. The third kappa shape index (κ3) is 1.77. The number of fused-ring (bicyclic) bond motifs is 1. The highest BCUT2D eigenvalue weighted by Crippen LogP contribution is 2.57. The summed E-state index contributed by atoms with van der Waals surface area (Å²) in [5, 5.41) is 3.20. The molecule has 0 aliphatic carbocycles. The lowest BCUT2D eigenvalue weighted by Gasteiger charge is -1.98. The zero-order valence-corrected chi connectivity index (χ0v) is 9.63.